The van der Waals surface area contributed by atoms with Crippen LogP contribution in [0.25, 0.3) is 11.2 Å². The molecule has 1 fully saturated rings. The second-order valence-electron chi connectivity index (χ2n) is 5.39. The largest absolute Gasteiger partial charge is 0.403 e. The molecule has 0 aliphatic carbocycles. The third-order valence-electron chi connectivity index (χ3n) is 3.67. The van der Waals surface area contributed by atoms with Gasteiger partial charge in [0.1, 0.15) is 18.1 Å². The van der Waals surface area contributed by atoms with E-state index >= 15 is 0 Å². The van der Waals surface area contributed by atoms with Crippen LogP contribution in [0.1, 0.15) is 19.1 Å². The number of nitrogens with two attached hydrogens (primary N) is 2. The number of rotatable bonds is 7. The van der Waals surface area contributed by atoms with Gasteiger partial charge in [-0.15, -0.1) is 0 Å². The number of nitrogens with one attached hydrogen (secondary N) is 1. The van der Waals surface area contributed by atoms with Crippen LogP contribution in [-0.2, 0) is 13.8 Å². The lowest BCUT2D eigenvalue weighted by atomic mass is 10.2. The summed E-state index contributed by atoms with van der Waals surface area (Å²) in [6.45, 7) is 0.449. The lowest BCUT2D eigenvalue weighted by Crippen LogP contribution is -2.23. The Bertz CT molecular complexity index is 754. The lowest BCUT2D eigenvalue weighted by Gasteiger charge is -2.17. The molecule has 3 heterocycles. The van der Waals surface area contributed by atoms with Gasteiger partial charge in [0.05, 0.1) is 19.0 Å². The van der Waals surface area contributed by atoms with Gasteiger partial charge in [0, 0.05) is 13.1 Å². The van der Waals surface area contributed by atoms with Crippen molar-refractivity contribution in [3.8, 4) is 0 Å². The van der Waals surface area contributed by atoms with Gasteiger partial charge in [-0.25, -0.2) is 24.6 Å². The van der Waals surface area contributed by atoms with E-state index in [0.717, 1.165) is 0 Å². The minimum Gasteiger partial charge on any atom is -0.382 e. The first-order valence-corrected chi connectivity index (χ1v) is 9.09. The predicted octanol–water partition coefficient (Wildman–Crippen LogP) is -0.249. The second kappa shape index (κ2) is 7.09. The van der Waals surface area contributed by atoms with E-state index in [1.54, 1.807) is 10.9 Å². The summed E-state index contributed by atoms with van der Waals surface area (Å²) in [7, 11) is -3.85. The molecule has 1 unspecified atom stereocenters. The number of hydrogen-bond acceptors (Lipinski definition) is 8. The molecular weight excluding hydrogens is 337 g/mol. The van der Waals surface area contributed by atoms with Gasteiger partial charge >= 0.3 is 7.75 Å². The Hall–Kier alpha value is -1.62. The van der Waals surface area contributed by atoms with Crippen LogP contribution in [0.2, 0.25) is 0 Å². The first kappa shape index (κ1) is 17.2. The highest BCUT2D eigenvalue weighted by Crippen LogP contribution is 2.38. The molecule has 11 nitrogen and oxygen atoms in total. The topological polar surface area (TPSA) is 163 Å². The molecule has 12 heteroatoms. The smallest absolute Gasteiger partial charge is 0.382 e. The van der Waals surface area contributed by atoms with Crippen LogP contribution in [0, 0.1) is 0 Å². The lowest BCUT2D eigenvalue weighted by molar-refractivity contribution is -0.0179. The average molecular weight is 357 g/mol. The van der Waals surface area contributed by atoms with E-state index in [4.69, 9.17) is 20.7 Å². The summed E-state index contributed by atoms with van der Waals surface area (Å²) in [4.78, 5) is 21.9. The zero-order valence-electron chi connectivity index (χ0n) is 12.9. The number of aromatic nitrogens is 4. The predicted molar refractivity (Wildman–Crippen MR) is 85.7 cm³/mol. The van der Waals surface area contributed by atoms with E-state index in [2.05, 4.69) is 20.0 Å². The minimum absolute atomic E-state index is 0.00556. The zero-order chi connectivity index (χ0) is 17.2. The highest BCUT2D eigenvalue weighted by atomic mass is 31.2. The molecule has 132 valence electrons. The van der Waals surface area contributed by atoms with Crippen molar-refractivity contribution in [2.24, 2.45) is 5.73 Å². The van der Waals surface area contributed by atoms with Crippen molar-refractivity contribution in [1.29, 1.82) is 0 Å². The van der Waals surface area contributed by atoms with Gasteiger partial charge in [-0.05, 0) is 12.8 Å². The third kappa shape index (κ3) is 3.72. The molecule has 24 heavy (non-hydrogen) atoms. The molecule has 3 atom stereocenters. The van der Waals surface area contributed by atoms with Crippen molar-refractivity contribution in [2.75, 3.05) is 25.4 Å². The molecule has 2 aromatic heterocycles. The van der Waals surface area contributed by atoms with Crippen LogP contribution in [0.4, 0.5) is 5.82 Å². The van der Waals surface area contributed by atoms with Crippen molar-refractivity contribution >= 4 is 24.7 Å². The Morgan fingerprint density at radius 3 is 3.08 bits per heavy atom. The summed E-state index contributed by atoms with van der Waals surface area (Å²) in [6, 6.07) is 0. The van der Waals surface area contributed by atoms with E-state index in [1.165, 1.54) is 6.33 Å². The fourth-order valence-corrected chi connectivity index (χ4v) is 3.40. The molecule has 0 spiro atoms. The molecule has 1 aliphatic rings. The van der Waals surface area contributed by atoms with Crippen molar-refractivity contribution < 1.29 is 18.7 Å². The Morgan fingerprint density at radius 1 is 1.46 bits per heavy atom. The van der Waals surface area contributed by atoms with Gasteiger partial charge < -0.3 is 21.1 Å². The molecule has 0 aromatic carbocycles. The number of nitrogens with zero attached hydrogens (tertiary/aromatic N) is 4. The van der Waals surface area contributed by atoms with Crippen molar-refractivity contribution in [1.82, 2.24) is 24.6 Å². The van der Waals surface area contributed by atoms with E-state index in [0.29, 0.717) is 29.8 Å². The summed E-state index contributed by atoms with van der Waals surface area (Å²) in [5.74, 6) is 0.309. The second-order valence-corrected chi connectivity index (χ2v) is 7.00. The van der Waals surface area contributed by atoms with Gasteiger partial charge in [0.2, 0.25) is 0 Å². The van der Waals surface area contributed by atoms with Gasteiger partial charge in [0.25, 0.3) is 0 Å². The van der Waals surface area contributed by atoms with Crippen molar-refractivity contribution in [3.05, 3.63) is 12.7 Å². The number of ether oxygens (including phenoxy) is 1. The van der Waals surface area contributed by atoms with Crippen molar-refractivity contribution in [3.63, 3.8) is 0 Å². The Labute approximate surface area is 138 Å². The van der Waals surface area contributed by atoms with Crippen LogP contribution in [0.3, 0.4) is 0 Å². The van der Waals surface area contributed by atoms with Crippen molar-refractivity contribution in [2.45, 2.75) is 25.2 Å². The molecule has 6 N–H and O–H groups in total. The summed E-state index contributed by atoms with van der Waals surface area (Å²) in [5, 5.41) is 2.36. The molecule has 0 bridgehead atoms. The molecule has 2 aromatic rings. The van der Waals surface area contributed by atoms with Crippen LogP contribution < -0.4 is 16.6 Å². The zero-order valence-corrected chi connectivity index (χ0v) is 13.8. The maximum atomic E-state index is 11.7. The third-order valence-corrected chi connectivity index (χ3v) is 4.80. The molecular formula is C12H20N7O4P. The average Bonchev–Trinajstić information content (AvgIpc) is 3.18. The van der Waals surface area contributed by atoms with Crippen LogP contribution in [0.15, 0.2) is 12.7 Å². The van der Waals surface area contributed by atoms with E-state index in [1.807, 2.05) is 0 Å². The number of hydrogen-bond donors (Lipinski definition) is 4. The van der Waals surface area contributed by atoms with Crippen LogP contribution in [0.5, 0.6) is 0 Å². The summed E-state index contributed by atoms with van der Waals surface area (Å²) in [5.41, 5.74) is 12.2. The highest BCUT2D eigenvalue weighted by Gasteiger charge is 2.30. The molecule has 1 aliphatic heterocycles. The fourth-order valence-electron chi connectivity index (χ4n) is 2.53. The monoisotopic (exact) mass is 357 g/mol. The molecule has 0 saturated carbocycles. The maximum absolute atomic E-state index is 11.7. The minimum atomic E-state index is -3.85. The summed E-state index contributed by atoms with van der Waals surface area (Å²) in [6.07, 6.45) is 3.77. The van der Waals surface area contributed by atoms with E-state index in [9.17, 15) is 9.46 Å². The SMILES string of the molecule is NCCNP(=O)(O)OC[C@@H]1CC[C@H](n2cnc3c(N)ncnc32)O1. The number of nitrogen functional groups attached to an aromatic ring is 1. The maximum Gasteiger partial charge on any atom is 0.403 e. The van der Waals surface area contributed by atoms with Gasteiger partial charge in [-0.2, -0.15) is 0 Å². The Morgan fingerprint density at radius 2 is 2.29 bits per heavy atom. The molecule has 0 amide bonds. The number of anilines is 1. The molecule has 0 radical (unpaired) electrons. The molecule has 1 saturated heterocycles. The van der Waals surface area contributed by atoms with E-state index in [-0.39, 0.29) is 32.0 Å². The Balaban J connectivity index is 1.61. The number of imidazole rings is 1. The van der Waals surface area contributed by atoms with Crippen LogP contribution in [-0.4, -0.2) is 50.2 Å². The Kier molecular flexibility index (Phi) is 5.09. The van der Waals surface area contributed by atoms with Gasteiger partial charge in [-0.1, -0.05) is 0 Å². The van der Waals surface area contributed by atoms with Gasteiger partial charge in [0.15, 0.2) is 11.5 Å². The van der Waals surface area contributed by atoms with Gasteiger partial charge in [-0.3, -0.25) is 9.09 Å². The fraction of sp³-hybridized carbons (Fsp3) is 0.583. The quantitative estimate of drug-likeness (QED) is 0.486. The van der Waals surface area contributed by atoms with E-state index < -0.39 is 7.75 Å². The first-order chi connectivity index (χ1) is 11.5. The standard InChI is InChI=1S/C12H20N7O4P/c13-3-4-18-24(20,21)22-5-8-1-2-9(23-8)19-7-17-10-11(14)15-6-16-12(10)19/h6-9H,1-5,13H2,(H2,14,15,16)(H2,18,20,21)/t8-,9+/m0/s1. The summed E-state index contributed by atoms with van der Waals surface area (Å²) < 4.78 is 24.4. The normalized spacial score (nSPS) is 23.6. The van der Waals surface area contributed by atoms with Crippen LogP contribution >= 0.6 is 7.75 Å². The molecule has 3 rings (SSSR count). The number of fused-ring (bicyclic) bond motifs is 1. The highest BCUT2D eigenvalue weighted by molar-refractivity contribution is 7.50. The summed E-state index contributed by atoms with van der Waals surface area (Å²) >= 11 is 0. The first-order valence-electron chi connectivity index (χ1n) is 7.51.